The number of aliphatic hydroxyl groups is 1. The summed E-state index contributed by atoms with van der Waals surface area (Å²) in [5, 5.41) is 9.71. The Kier molecular flexibility index (Phi) is 4.61. The highest BCUT2D eigenvalue weighted by Gasteiger charge is 2.23. The number of rotatable bonds is 3. The van der Waals surface area contributed by atoms with Crippen LogP contribution in [0, 0.1) is 12.8 Å². The first-order chi connectivity index (χ1) is 8.31. The van der Waals surface area contributed by atoms with Crippen molar-refractivity contribution in [1.82, 2.24) is 0 Å². The molecule has 0 bridgehead atoms. The van der Waals surface area contributed by atoms with Crippen molar-refractivity contribution in [2.24, 2.45) is 5.92 Å². The molecule has 1 unspecified atom stereocenters. The second kappa shape index (κ2) is 6.20. The van der Waals surface area contributed by atoms with Gasteiger partial charge in [-0.1, -0.05) is 55.5 Å². The van der Waals surface area contributed by atoms with Gasteiger partial charge >= 0.3 is 0 Å². The molecular formula is C16H24O. The first-order valence-corrected chi connectivity index (χ1v) is 6.98. The maximum atomic E-state index is 9.71. The zero-order valence-corrected chi connectivity index (χ0v) is 10.9. The van der Waals surface area contributed by atoms with Crippen molar-refractivity contribution in [3.05, 3.63) is 35.4 Å². The van der Waals surface area contributed by atoms with Gasteiger partial charge in [0.1, 0.15) is 0 Å². The Morgan fingerprint density at radius 1 is 1.18 bits per heavy atom. The Balaban J connectivity index is 2.14. The minimum Gasteiger partial charge on any atom is -0.396 e. The summed E-state index contributed by atoms with van der Waals surface area (Å²) < 4.78 is 0. The van der Waals surface area contributed by atoms with Crippen molar-refractivity contribution >= 4 is 0 Å². The number of benzene rings is 1. The molecule has 0 spiro atoms. The molecule has 1 fully saturated rings. The van der Waals surface area contributed by atoms with Gasteiger partial charge in [-0.15, -0.1) is 0 Å². The first-order valence-electron chi connectivity index (χ1n) is 6.98. The van der Waals surface area contributed by atoms with Gasteiger partial charge in [0.15, 0.2) is 0 Å². The molecule has 1 saturated carbocycles. The molecule has 1 aliphatic carbocycles. The Labute approximate surface area is 105 Å². The maximum absolute atomic E-state index is 9.71. The molecule has 1 nitrogen and oxygen atoms in total. The first kappa shape index (κ1) is 12.6. The fraction of sp³-hybridized carbons (Fsp3) is 0.625. The van der Waals surface area contributed by atoms with E-state index in [2.05, 4.69) is 31.2 Å². The molecule has 1 aromatic rings. The Morgan fingerprint density at radius 3 is 2.47 bits per heavy atom. The maximum Gasteiger partial charge on any atom is 0.0502 e. The van der Waals surface area contributed by atoms with Crippen LogP contribution in [-0.4, -0.2) is 11.7 Å². The molecule has 94 valence electrons. The van der Waals surface area contributed by atoms with Gasteiger partial charge in [0.25, 0.3) is 0 Å². The summed E-state index contributed by atoms with van der Waals surface area (Å²) in [5.41, 5.74) is 2.63. The topological polar surface area (TPSA) is 20.2 Å². The summed E-state index contributed by atoms with van der Waals surface area (Å²) in [6, 6.07) is 8.67. The third kappa shape index (κ3) is 3.32. The predicted molar refractivity (Wildman–Crippen MR) is 72.2 cm³/mol. The van der Waals surface area contributed by atoms with Crippen LogP contribution >= 0.6 is 0 Å². The molecule has 17 heavy (non-hydrogen) atoms. The number of aryl methyl sites for hydroxylation is 1. The van der Waals surface area contributed by atoms with Crippen LogP contribution in [0.5, 0.6) is 0 Å². The smallest absolute Gasteiger partial charge is 0.0502 e. The van der Waals surface area contributed by atoms with E-state index in [-0.39, 0.29) is 0 Å². The van der Waals surface area contributed by atoms with E-state index in [4.69, 9.17) is 0 Å². The minimum atomic E-state index is 0.300. The monoisotopic (exact) mass is 232 g/mol. The lowest BCUT2D eigenvalue weighted by Gasteiger charge is -2.25. The molecule has 2 rings (SSSR count). The lowest BCUT2D eigenvalue weighted by molar-refractivity contribution is 0.214. The van der Waals surface area contributed by atoms with E-state index in [1.807, 2.05) is 0 Å². The third-order valence-electron chi connectivity index (χ3n) is 4.14. The molecule has 0 aliphatic heterocycles. The molecule has 0 heterocycles. The lowest BCUT2D eigenvalue weighted by atomic mass is 9.81. The second-order valence-electron chi connectivity index (χ2n) is 5.45. The van der Waals surface area contributed by atoms with Gasteiger partial charge in [-0.2, -0.15) is 0 Å². The average molecular weight is 232 g/mol. The number of hydrogen-bond donors (Lipinski definition) is 1. The van der Waals surface area contributed by atoms with Gasteiger partial charge in [-0.3, -0.25) is 0 Å². The summed E-state index contributed by atoms with van der Waals surface area (Å²) in [6.45, 7) is 2.43. The highest BCUT2D eigenvalue weighted by atomic mass is 16.3. The van der Waals surface area contributed by atoms with Crippen molar-refractivity contribution in [2.45, 2.75) is 51.4 Å². The number of aliphatic hydroxyl groups excluding tert-OH is 1. The van der Waals surface area contributed by atoms with Crippen molar-refractivity contribution in [2.75, 3.05) is 6.61 Å². The standard InChI is InChI=1S/C16H24O/c1-13-7-6-10-15(11-13)16(12-17)14-8-4-2-3-5-9-14/h6-7,10-11,14,16-17H,2-5,8-9,12H2,1H3. The molecule has 1 aromatic carbocycles. The largest absolute Gasteiger partial charge is 0.396 e. The fourth-order valence-corrected chi connectivity index (χ4v) is 3.14. The van der Waals surface area contributed by atoms with Crippen LogP contribution in [0.2, 0.25) is 0 Å². The van der Waals surface area contributed by atoms with Crippen LogP contribution in [0.1, 0.15) is 55.6 Å². The molecule has 0 aromatic heterocycles. The van der Waals surface area contributed by atoms with E-state index >= 15 is 0 Å². The Hall–Kier alpha value is -0.820. The van der Waals surface area contributed by atoms with Gasteiger partial charge in [0.2, 0.25) is 0 Å². The number of hydrogen-bond acceptors (Lipinski definition) is 1. The van der Waals surface area contributed by atoms with Gasteiger partial charge in [-0.05, 0) is 31.2 Å². The fourth-order valence-electron chi connectivity index (χ4n) is 3.14. The van der Waals surface area contributed by atoms with Gasteiger partial charge < -0.3 is 5.11 Å². The highest BCUT2D eigenvalue weighted by molar-refractivity contribution is 5.26. The van der Waals surface area contributed by atoms with Gasteiger partial charge in [-0.25, -0.2) is 0 Å². The minimum absolute atomic E-state index is 0.300. The van der Waals surface area contributed by atoms with E-state index in [0.717, 1.165) is 0 Å². The summed E-state index contributed by atoms with van der Waals surface area (Å²) in [5.74, 6) is 1.04. The zero-order valence-electron chi connectivity index (χ0n) is 10.9. The van der Waals surface area contributed by atoms with E-state index in [9.17, 15) is 5.11 Å². The zero-order chi connectivity index (χ0) is 12.1. The normalized spacial score (nSPS) is 19.9. The van der Waals surface area contributed by atoms with Crippen molar-refractivity contribution in [3.63, 3.8) is 0 Å². The molecule has 1 N–H and O–H groups in total. The van der Waals surface area contributed by atoms with Gasteiger partial charge in [0, 0.05) is 5.92 Å². The Morgan fingerprint density at radius 2 is 1.88 bits per heavy atom. The van der Waals surface area contributed by atoms with E-state index in [1.54, 1.807) is 0 Å². The molecule has 0 amide bonds. The van der Waals surface area contributed by atoms with Crippen LogP contribution in [0.15, 0.2) is 24.3 Å². The third-order valence-corrected chi connectivity index (χ3v) is 4.14. The van der Waals surface area contributed by atoms with E-state index in [0.29, 0.717) is 18.4 Å². The summed E-state index contributed by atoms with van der Waals surface area (Å²) in [4.78, 5) is 0. The summed E-state index contributed by atoms with van der Waals surface area (Å²) in [7, 11) is 0. The molecule has 0 saturated heterocycles. The molecule has 1 heteroatoms. The molecular weight excluding hydrogens is 208 g/mol. The van der Waals surface area contributed by atoms with Crippen LogP contribution in [0.3, 0.4) is 0 Å². The average Bonchev–Trinajstić information content (AvgIpc) is 2.59. The van der Waals surface area contributed by atoms with Crippen molar-refractivity contribution in [3.8, 4) is 0 Å². The quantitative estimate of drug-likeness (QED) is 0.780. The van der Waals surface area contributed by atoms with Crippen LogP contribution in [-0.2, 0) is 0 Å². The molecule has 1 atom stereocenters. The van der Waals surface area contributed by atoms with E-state index in [1.165, 1.54) is 49.7 Å². The second-order valence-corrected chi connectivity index (χ2v) is 5.45. The van der Waals surface area contributed by atoms with Crippen LogP contribution in [0.25, 0.3) is 0 Å². The molecule has 0 radical (unpaired) electrons. The van der Waals surface area contributed by atoms with Crippen LogP contribution in [0.4, 0.5) is 0 Å². The van der Waals surface area contributed by atoms with Crippen LogP contribution < -0.4 is 0 Å². The predicted octanol–water partition coefficient (Wildman–Crippen LogP) is 4.04. The summed E-state index contributed by atoms with van der Waals surface area (Å²) >= 11 is 0. The van der Waals surface area contributed by atoms with E-state index < -0.39 is 0 Å². The lowest BCUT2D eigenvalue weighted by Crippen LogP contribution is -2.16. The summed E-state index contributed by atoms with van der Waals surface area (Å²) in [6.07, 6.45) is 8.02. The molecule has 1 aliphatic rings. The highest BCUT2D eigenvalue weighted by Crippen LogP contribution is 2.35. The van der Waals surface area contributed by atoms with Crippen molar-refractivity contribution in [1.29, 1.82) is 0 Å². The SMILES string of the molecule is Cc1cccc(C(CO)C2CCCCCC2)c1. The van der Waals surface area contributed by atoms with Crippen molar-refractivity contribution < 1.29 is 5.11 Å². The van der Waals surface area contributed by atoms with Gasteiger partial charge in [0.05, 0.1) is 6.61 Å². The Bertz CT molecular complexity index is 337.